The van der Waals surface area contributed by atoms with Gasteiger partial charge in [-0.3, -0.25) is 0 Å². The van der Waals surface area contributed by atoms with E-state index < -0.39 is 0 Å². The maximum absolute atomic E-state index is 5.97. The highest BCUT2D eigenvalue weighted by Gasteiger charge is 2.11. The fourth-order valence-corrected chi connectivity index (χ4v) is 3.05. The molecule has 0 atom stereocenters. The second-order valence-corrected chi connectivity index (χ2v) is 6.67. The quantitative estimate of drug-likeness (QED) is 0.410. The topological polar surface area (TPSA) is 75.4 Å². The highest BCUT2D eigenvalue weighted by molar-refractivity contribution is 5.77. The van der Waals surface area contributed by atoms with Crippen LogP contribution in [-0.4, -0.2) is 76.3 Å². The molecule has 1 aromatic carbocycles. The number of methoxy groups -OCH3 is 2. The van der Waals surface area contributed by atoms with E-state index in [1.54, 1.807) is 14.2 Å². The molecule has 7 heteroatoms. The molecule has 1 aliphatic heterocycles. The summed E-state index contributed by atoms with van der Waals surface area (Å²) >= 11 is 0. The minimum atomic E-state index is 0.482. The van der Waals surface area contributed by atoms with Crippen molar-refractivity contribution < 1.29 is 9.47 Å². The molecular weight excluding hydrogens is 330 g/mol. The number of likely N-dealkylation sites (N-methyl/N-ethyl adjacent to an activating group) is 1. The van der Waals surface area contributed by atoms with E-state index in [0.717, 1.165) is 38.2 Å². The Hall–Kier alpha value is -1.99. The first kappa shape index (κ1) is 20.3. The van der Waals surface area contributed by atoms with E-state index >= 15 is 0 Å². The average molecular weight is 364 g/mol. The van der Waals surface area contributed by atoms with Gasteiger partial charge in [-0.25, -0.2) is 4.99 Å². The Morgan fingerprint density at radius 3 is 2.73 bits per heavy atom. The standard InChI is InChI=1S/C19H33N5O2/c1-23-9-5-11-24(13-12-23)10-4-8-21-19(20)22-15-16-6-7-17(25-2)18(14-16)26-3/h6-7,14H,4-5,8-13,15H2,1-3H3,(H3,20,21,22). The number of nitrogens with two attached hydrogens (primary N) is 1. The van der Waals surface area contributed by atoms with Crippen molar-refractivity contribution in [1.82, 2.24) is 15.1 Å². The third-order valence-corrected chi connectivity index (χ3v) is 4.65. The highest BCUT2D eigenvalue weighted by atomic mass is 16.5. The maximum atomic E-state index is 5.97. The van der Waals surface area contributed by atoms with Gasteiger partial charge in [-0.15, -0.1) is 0 Å². The van der Waals surface area contributed by atoms with Crippen LogP contribution in [0.5, 0.6) is 11.5 Å². The van der Waals surface area contributed by atoms with Gasteiger partial charge in [-0.05, 0) is 57.2 Å². The molecule has 2 rings (SSSR count). The summed E-state index contributed by atoms with van der Waals surface area (Å²) in [5.41, 5.74) is 7.00. The van der Waals surface area contributed by atoms with Gasteiger partial charge in [0.15, 0.2) is 17.5 Å². The predicted octanol–water partition coefficient (Wildman–Crippen LogP) is 1.14. The summed E-state index contributed by atoms with van der Waals surface area (Å²) in [4.78, 5) is 9.33. The van der Waals surface area contributed by atoms with E-state index in [9.17, 15) is 0 Å². The van der Waals surface area contributed by atoms with Crippen molar-refractivity contribution in [3.8, 4) is 11.5 Å². The molecule has 1 heterocycles. The van der Waals surface area contributed by atoms with Crippen LogP contribution in [0.3, 0.4) is 0 Å². The van der Waals surface area contributed by atoms with Crippen LogP contribution >= 0.6 is 0 Å². The van der Waals surface area contributed by atoms with E-state index in [0.29, 0.717) is 24.0 Å². The highest BCUT2D eigenvalue weighted by Crippen LogP contribution is 2.27. The Morgan fingerprint density at radius 1 is 1.15 bits per heavy atom. The first-order valence-corrected chi connectivity index (χ1v) is 9.28. The molecule has 146 valence electrons. The molecular formula is C19H33N5O2. The predicted molar refractivity (Wildman–Crippen MR) is 106 cm³/mol. The molecule has 1 saturated heterocycles. The number of hydrogen-bond acceptors (Lipinski definition) is 5. The minimum Gasteiger partial charge on any atom is -0.493 e. The van der Waals surface area contributed by atoms with Gasteiger partial charge < -0.3 is 30.3 Å². The number of rotatable bonds is 8. The number of benzene rings is 1. The number of aliphatic imine (C=N–C) groups is 1. The molecule has 3 N–H and O–H groups in total. The monoisotopic (exact) mass is 363 g/mol. The first-order valence-electron chi connectivity index (χ1n) is 9.28. The van der Waals surface area contributed by atoms with E-state index in [4.69, 9.17) is 15.2 Å². The van der Waals surface area contributed by atoms with E-state index in [2.05, 4.69) is 27.2 Å². The molecule has 0 spiro atoms. The second kappa shape index (κ2) is 10.9. The lowest BCUT2D eigenvalue weighted by Gasteiger charge is -2.20. The number of nitrogens with zero attached hydrogens (tertiary/aromatic N) is 3. The molecule has 0 unspecified atom stereocenters. The molecule has 0 aromatic heterocycles. The van der Waals surface area contributed by atoms with Gasteiger partial charge in [-0.2, -0.15) is 0 Å². The second-order valence-electron chi connectivity index (χ2n) is 6.67. The molecule has 0 aliphatic carbocycles. The number of guanidine groups is 1. The Labute approximate surface area is 157 Å². The largest absolute Gasteiger partial charge is 0.493 e. The first-order chi connectivity index (χ1) is 12.6. The van der Waals surface area contributed by atoms with Gasteiger partial charge in [0.2, 0.25) is 0 Å². The van der Waals surface area contributed by atoms with Gasteiger partial charge in [-0.1, -0.05) is 6.07 Å². The number of nitrogens with one attached hydrogen (secondary N) is 1. The van der Waals surface area contributed by atoms with Crippen molar-refractivity contribution >= 4 is 5.96 Å². The van der Waals surface area contributed by atoms with Crippen molar-refractivity contribution in [2.45, 2.75) is 19.4 Å². The Balaban J connectivity index is 1.70. The molecule has 1 aromatic rings. The summed E-state index contributed by atoms with van der Waals surface area (Å²) in [6.07, 6.45) is 2.31. The fourth-order valence-electron chi connectivity index (χ4n) is 3.05. The molecule has 1 fully saturated rings. The summed E-state index contributed by atoms with van der Waals surface area (Å²) in [5, 5.41) is 3.20. The van der Waals surface area contributed by atoms with E-state index in [-0.39, 0.29) is 0 Å². The third kappa shape index (κ3) is 6.72. The van der Waals surface area contributed by atoms with Gasteiger partial charge in [0, 0.05) is 19.6 Å². The fraction of sp³-hybridized carbons (Fsp3) is 0.632. The van der Waals surface area contributed by atoms with Crippen LogP contribution in [0.1, 0.15) is 18.4 Å². The Kier molecular flexibility index (Phi) is 8.50. The van der Waals surface area contributed by atoms with Crippen LogP contribution in [0.4, 0.5) is 0 Å². The zero-order valence-corrected chi connectivity index (χ0v) is 16.3. The summed E-state index contributed by atoms with van der Waals surface area (Å²) in [5.74, 6) is 1.90. The van der Waals surface area contributed by atoms with Gasteiger partial charge in [0.25, 0.3) is 0 Å². The zero-order valence-electron chi connectivity index (χ0n) is 16.3. The molecule has 0 saturated carbocycles. The van der Waals surface area contributed by atoms with Crippen molar-refractivity contribution in [3.63, 3.8) is 0 Å². The number of ether oxygens (including phenoxy) is 2. The molecule has 0 radical (unpaired) electrons. The summed E-state index contributed by atoms with van der Waals surface area (Å²) in [6, 6.07) is 5.77. The molecule has 1 aliphatic rings. The summed E-state index contributed by atoms with van der Waals surface area (Å²) in [7, 11) is 5.45. The lowest BCUT2D eigenvalue weighted by molar-refractivity contribution is 0.274. The van der Waals surface area contributed by atoms with Crippen molar-refractivity contribution in [2.24, 2.45) is 10.7 Å². The van der Waals surface area contributed by atoms with Crippen LogP contribution in [-0.2, 0) is 6.54 Å². The molecule has 26 heavy (non-hydrogen) atoms. The SMILES string of the molecule is COc1ccc(CN=C(N)NCCCN2CCCN(C)CC2)cc1OC. The van der Waals surface area contributed by atoms with E-state index in [1.807, 2.05) is 18.2 Å². The third-order valence-electron chi connectivity index (χ3n) is 4.65. The average Bonchev–Trinajstić information content (AvgIpc) is 2.87. The van der Waals surface area contributed by atoms with Gasteiger partial charge >= 0.3 is 0 Å². The van der Waals surface area contributed by atoms with Crippen molar-refractivity contribution in [1.29, 1.82) is 0 Å². The summed E-state index contributed by atoms with van der Waals surface area (Å²) < 4.78 is 10.5. The van der Waals surface area contributed by atoms with E-state index in [1.165, 1.54) is 19.5 Å². The summed E-state index contributed by atoms with van der Waals surface area (Å²) in [6.45, 7) is 7.15. The van der Waals surface area contributed by atoms with Crippen LogP contribution in [0.15, 0.2) is 23.2 Å². The number of hydrogen-bond donors (Lipinski definition) is 2. The van der Waals surface area contributed by atoms with Crippen molar-refractivity contribution in [2.75, 3.05) is 60.5 Å². The maximum Gasteiger partial charge on any atom is 0.188 e. The van der Waals surface area contributed by atoms with Crippen molar-refractivity contribution in [3.05, 3.63) is 23.8 Å². The van der Waals surface area contributed by atoms with Crippen LogP contribution in [0, 0.1) is 0 Å². The lowest BCUT2D eigenvalue weighted by Crippen LogP contribution is -2.35. The molecule has 7 nitrogen and oxygen atoms in total. The van der Waals surface area contributed by atoms with Crippen LogP contribution in [0.2, 0.25) is 0 Å². The minimum absolute atomic E-state index is 0.482. The van der Waals surface area contributed by atoms with Crippen LogP contribution < -0.4 is 20.5 Å². The zero-order chi connectivity index (χ0) is 18.8. The van der Waals surface area contributed by atoms with Crippen LogP contribution in [0.25, 0.3) is 0 Å². The van der Waals surface area contributed by atoms with Gasteiger partial charge in [0.05, 0.1) is 20.8 Å². The molecule has 0 bridgehead atoms. The smallest absolute Gasteiger partial charge is 0.188 e. The Bertz CT molecular complexity index is 579. The normalized spacial score (nSPS) is 17.0. The van der Waals surface area contributed by atoms with Gasteiger partial charge in [0.1, 0.15) is 0 Å². The molecule has 0 amide bonds. The lowest BCUT2D eigenvalue weighted by atomic mass is 10.2. The Morgan fingerprint density at radius 2 is 1.96 bits per heavy atom.